The Morgan fingerprint density at radius 3 is 2.89 bits per heavy atom. The molecular formula is C10H10N6O3. The fraction of sp³-hybridized carbons (Fsp3) is 0.200. The fourth-order valence-electron chi connectivity index (χ4n) is 1.52. The number of tetrazole rings is 1. The van der Waals surface area contributed by atoms with Crippen molar-refractivity contribution in [2.24, 2.45) is 0 Å². The van der Waals surface area contributed by atoms with E-state index in [9.17, 15) is 14.9 Å². The van der Waals surface area contributed by atoms with Gasteiger partial charge in [0.05, 0.1) is 11.5 Å². The average molecular weight is 262 g/mol. The smallest absolute Gasteiger partial charge is 0.270 e. The number of hydrogen-bond donors (Lipinski definition) is 2. The molecule has 2 N–H and O–H groups in total. The standard InChI is InChI=1S/C10H10N6O3/c1-6-2-7(4-8(3-6)16(18)19)10(17)11-5-9-12-14-15-13-9/h2-4H,5H2,1H3,(H,11,17)(H,12,13,14,15). The molecule has 9 heteroatoms. The zero-order valence-corrected chi connectivity index (χ0v) is 9.95. The molecule has 0 spiro atoms. The molecule has 2 rings (SSSR count). The zero-order valence-electron chi connectivity index (χ0n) is 9.95. The number of rotatable bonds is 4. The lowest BCUT2D eigenvalue weighted by atomic mass is 10.1. The molecule has 0 aliphatic heterocycles. The van der Waals surface area contributed by atoms with Gasteiger partial charge in [0.15, 0.2) is 5.82 Å². The van der Waals surface area contributed by atoms with E-state index in [1.165, 1.54) is 12.1 Å². The molecule has 1 aromatic carbocycles. The Bertz CT molecular complexity index is 610. The van der Waals surface area contributed by atoms with Crippen molar-refractivity contribution in [1.82, 2.24) is 25.9 Å². The van der Waals surface area contributed by atoms with Crippen molar-refractivity contribution in [3.05, 3.63) is 45.3 Å². The molecule has 0 atom stereocenters. The van der Waals surface area contributed by atoms with Gasteiger partial charge in [-0.1, -0.05) is 5.21 Å². The van der Waals surface area contributed by atoms with E-state index < -0.39 is 10.8 Å². The van der Waals surface area contributed by atoms with E-state index in [2.05, 4.69) is 25.9 Å². The van der Waals surface area contributed by atoms with Gasteiger partial charge in [0.2, 0.25) is 0 Å². The Morgan fingerprint density at radius 2 is 2.26 bits per heavy atom. The second-order valence-electron chi connectivity index (χ2n) is 3.83. The van der Waals surface area contributed by atoms with Crippen molar-refractivity contribution in [2.45, 2.75) is 13.5 Å². The number of aryl methyl sites for hydroxylation is 1. The van der Waals surface area contributed by atoms with Crippen LogP contribution in [0, 0.1) is 17.0 Å². The SMILES string of the molecule is Cc1cc(C(=O)NCc2nn[nH]n2)cc([N+](=O)[O-])c1. The van der Waals surface area contributed by atoms with Crippen molar-refractivity contribution in [1.29, 1.82) is 0 Å². The number of nitrogens with one attached hydrogen (secondary N) is 2. The Kier molecular flexibility index (Phi) is 3.46. The highest BCUT2D eigenvalue weighted by atomic mass is 16.6. The van der Waals surface area contributed by atoms with E-state index in [0.717, 1.165) is 0 Å². The minimum absolute atomic E-state index is 0.0943. The number of carbonyl (C=O) groups is 1. The van der Waals surface area contributed by atoms with Crippen LogP contribution < -0.4 is 5.32 Å². The van der Waals surface area contributed by atoms with Crippen LogP contribution in [-0.2, 0) is 6.54 Å². The number of amides is 1. The van der Waals surface area contributed by atoms with E-state index in [4.69, 9.17) is 0 Å². The second-order valence-corrected chi connectivity index (χ2v) is 3.83. The predicted octanol–water partition coefficient (Wildman–Crippen LogP) is 0.346. The molecule has 1 heterocycles. The summed E-state index contributed by atoms with van der Waals surface area (Å²) in [6.45, 7) is 1.78. The van der Waals surface area contributed by atoms with Crippen LogP contribution in [-0.4, -0.2) is 31.5 Å². The van der Waals surface area contributed by atoms with Crippen LogP contribution in [0.1, 0.15) is 21.7 Å². The van der Waals surface area contributed by atoms with Crippen LogP contribution in [0.15, 0.2) is 18.2 Å². The molecule has 19 heavy (non-hydrogen) atoms. The summed E-state index contributed by atoms with van der Waals surface area (Å²) in [5.41, 5.74) is 0.735. The maximum atomic E-state index is 11.8. The van der Waals surface area contributed by atoms with Crippen molar-refractivity contribution < 1.29 is 9.72 Å². The highest BCUT2D eigenvalue weighted by Crippen LogP contribution is 2.16. The molecule has 1 amide bonds. The van der Waals surface area contributed by atoms with Gasteiger partial charge >= 0.3 is 0 Å². The summed E-state index contributed by atoms with van der Waals surface area (Å²) in [6, 6.07) is 4.19. The van der Waals surface area contributed by atoms with Gasteiger partial charge in [0, 0.05) is 17.7 Å². The number of aromatic amines is 1. The van der Waals surface area contributed by atoms with Crippen molar-refractivity contribution >= 4 is 11.6 Å². The Balaban J connectivity index is 2.12. The zero-order chi connectivity index (χ0) is 13.8. The number of H-pyrrole nitrogens is 1. The molecule has 0 unspecified atom stereocenters. The molecule has 0 aliphatic carbocycles. The summed E-state index contributed by atoms with van der Waals surface area (Å²) in [4.78, 5) is 22.0. The van der Waals surface area contributed by atoms with Gasteiger partial charge in [-0.2, -0.15) is 5.21 Å². The van der Waals surface area contributed by atoms with Crippen LogP contribution in [0.4, 0.5) is 5.69 Å². The van der Waals surface area contributed by atoms with Crippen molar-refractivity contribution in [3.63, 3.8) is 0 Å². The predicted molar refractivity (Wildman–Crippen MR) is 63.2 cm³/mol. The van der Waals surface area contributed by atoms with Crippen LogP contribution in [0.5, 0.6) is 0 Å². The fourth-order valence-corrected chi connectivity index (χ4v) is 1.52. The van der Waals surface area contributed by atoms with Crippen molar-refractivity contribution in [3.8, 4) is 0 Å². The summed E-state index contributed by atoms with van der Waals surface area (Å²) in [7, 11) is 0. The topological polar surface area (TPSA) is 127 Å². The molecule has 9 nitrogen and oxygen atoms in total. The van der Waals surface area contributed by atoms with Gasteiger partial charge < -0.3 is 5.32 Å². The van der Waals surface area contributed by atoms with Crippen molar-refractivity contribution in [2.75, 3.05) is 0 Å². The van der Waals surface area contributed by atoms with Crippen LogP contribution in [0.25, 0.3) is 0 Å². The minimum Gasteiger partial charge on any atom is -0.345 e. The molecular weight excluding hydrogens is 252 g/mol. The van der Waals surface area contributed by atoms with E-state index in [0.29, 0.717) is 11.4 Å². The molecule has 0 bridgehead atoms. The molecule has 0 radical (unpaired) electrons. The van der Waals surface area contributed by atoms with Crippen LogP contribution in [0.2, 0.25) is 0 Å². The highest BCUT2D eigenvalue weighted by Gasteiger charge is 2.13. The monoisotopic (exact) mass is 262 g/mol. The van der Waals surface area contributed by atoms with Gasteiger partial charge in [-0.15, -0.1) is 10.2 Å². The first-order valence-corrected chi connectivity index (χ1v) is 5.33. The second kappa shape index (κ2) is 5.21. The lowest BCUT2D eigenvalue weighted by molar-refractivity contribution is -0.384. The van der Waals surface area contributed by atoms with E-state index in [1.54, 1.807) is 13.0 Å². The Labute approximate surface area is 107 Å². The molecule has 2 aromatic rings. The number of aromatic nitrogens is 4. The third-order valence-electron chi connectivity index (χ3n) is 2.33. The lowest BCUT2D eigenvalue weighted by Gasteiger charge is -2.03. The average Bonchev–Trinajstić information content (AvgIpc) is 2.88. The number of nitro groups is 1. The van der Waals surface area contributed by atoms with Crippen LogP contribution >= 0.6 is 0 Å². The van der Waals surface area contributed by atoms with Gasteiger partial charge in [-0.3, -0.25) is 14.9 Å². The Hall–Kier alpha value is -2.84. The summed E-state index contributed by atoms with van der Waals surface area (Å²) < 4.78 is 0. The maximum Gasteiger partial charge on any atom is 0.270 e. The number of benzene rings is 1. The molecule has 0 saturated heterocycles. The highest BCUT2D eigenvalue weighted by molar-refractivity contribution is 5.94. The molecule has 98 valence electrons. The first-order valence-electron chi connectivity index (χ1n) is 5.33. The molecule has 0 aliphatic rings. The van der Waals surface area contributed by atoms with E-state index >= 15 is 0 Å². The van der Waals surface area contributed by atoms with Crippen LogP contribution in [0.3, 0.4) is 0 Å². The molecule has 0 saturated carbocycles. The van der Waals surface area contributed by atoms with Gasteiger partial charge in [-0.25, -0.2) is 0 Å². The summed E-state index contributed by atoms with van der Waals surface area (Å²) in [5.74, 6) is -0.105. The summed E-state index contributed by atoms with van der Waals surface area (Å²) >= 11 is 0. The quantitative estimate of drug-likeness (QED) is 0.604. The normalized spacial score (nSPS) is 10.2. The number of nitrogens with zero attached hydrogens (tertiary/aromatic N) is 4. The summed E-state index contributed by atoms with van der Waals surface area (Å²) in [6.07, 6.45) is 0. The van der Waals surface area contributed by atoms with Gasteiger partial charge in [-0.05, 0) is 18.6 Å². The third-order valence-corrected chi connectivity index (χ3v) is 2.33. The maximum absolute atomic E-state index is 11.8. The first kappa shape index (κ1) is 12.6. The largest absolute Gasteiger partial charge is 0.345 e. The molecule has 0 fully saturated rings. The summed E-state index contributed by atoms with van der Waals surface area (Å²) in [5, 5.41) is 26.2. The number of non-ortho nitro benzene ring substituents is 1. The minimum atomic E-state index is -0.539. The number of hydrogen-bond acceptors (Lipinski definition) is 6. The lowest BCUT2D eigenvalue weighted by Crippen LogP contribution is -2.23. The Morgan fingerprint density at radius 1 is 1.47 bits per heavy atom. The number of nitro benzene ring substituents is 1. The van der Waals surface area contributed by atoms with Gasteiger partial charge in [0.25, 0.3) is 11.6 Å². The van der Waals surface area contributed by atoms with E-state index in [-0.39, 0.29) is 17.8 Å². The van der Waals surface area contributed by atoms with Gasteiger partial charge in [0.1, 0.15) is 0 Å². The molecule has 1 aromatic heterocycles. The van der Waals surface area contributed by atoms with E-state index in [1.807, 2.05) is 0 Å². The first-order chi connectivity index (χ1) is 9.06. The third kappa shape index (κ3) is 3.09. The number of carbonyl (C=O) groups excluding carboxylic acids is 1.